The summed E-state index contributed by atoms with van der Waals surface area (Å²) < 4.78 is 18.7. The predicted octanol–water partition coefficient (Wildman–Crippen LogP) is 2.78. The number of halogens is 1. The van der Waals surface area contributed by atoms with E-state index in [2.05, 4.69) is 0 Å². The van der Waals surface area contributed by atoms with Crippen LogP contribution in [0.2, 0.25) is 0 Å². The maximum absolute atomic E-state index is 13.6. The fourth-order valence-electron chi connectivity index (χ4n) is 2.34. The average Bonchev–Trinajstić information content (AvgIpc) is 3.02. The van der Waals surface area contributed by atoms with Gasteiger partial charge in [-0.25, -0.2) is 4.39 Å². The maximum atomic E-state index is 13.6. The Kier molecular flexibility index (Phi) is 3.67. The van der Waals surface area contributed by atoms with Crippen molar-refractivity contribution >= 4 is 0 Å². The molecule has 0 aromatic heterocycles. The predicted molar refractivity (Wildman–Crippen MR) is 64.6 cm³/mol. The molecule has 1 saturated carbocycles. The molecule has 2 nitrogen and oxygen atoms in total. The quantitative estimate of drug-likeness (QED) is 0.854. The van der Waals surface area contributed by atoms with Crippen LogP contribution in [0.15, 0.2) is 18.2 Å². The molecular formula is C14H19FO2. The zero-order valence-electron chi connectivity index (χ0n) is 10.3. The first-order valence-electron chi connectivity index (χ1n) is 6.21. The number of rotatable bonds is 5. The van der Waals surface area contributed by atoms with Gasteiger partial charge in [-0.3, -0.25) is 0 Å². The molecule has 1 N–H and O–H groups in total. The van der Waals surface area contributed by atoms with Crippen molar-refractivity contribution in [1.82, 2.24) is 0 Å². The molecule has 2 rings (SSSR count). The van der Waals surface area contributed by atoms with E-state index in [9.17, 15) is 9.50 Å². The van der Waals surface area contributed by atoms with Crippen molar-refractivity contribution in [1.29, 1.82) is 0 Å². The van der Waals surface area contributed by atoms with E-state index >= 15 is 0 Å². The zero-order chi connectivity index (χ0) is 12.4. The Labute approximate surface area is 101 Å². The number of ether oxygens (including phenoxy) is 1. The second-order valence-corrected chi connectivity index (χ2v) is 4.80. The van der Waals surface area contributed by atoms with Crippen LogP contribution >= 0.6 is 0 Å². The molecule has 1 aromatic rings. The molecule has 1 aromatic carbocycles. The van der Waals surface area contributed by atoms with Gasteiger partial charge in [-0.1, -0.05) is 6.07 Å². The summed E-state index contributed by atoms with van der Waals surface area (Å²) in [6.07, 6.45) is 1.65. The first kappa shape index (κ1) is 12.4. The van der Waals surface area contributed by atoms with Crippen molar-refractivity contribution in [2.75, 3.05) is 6.61 Å². The SMILES string of the molecule is CCOc1ccc(CC2CC2C(C)O)cc1F. The van der Waals surface area contributed by atoms with E-state index < -0.39 is 0 Å². The van der Waals surface area contributed by atoms with Crippen LogP contribution in [0.4, 0.5) is 4.39 Å². The summed E-state index contributed by atoms with van der Waals surface area (Å²) in [7, 11) is 0. The van der Waals surface area contributed by atoms with E-state index in [1.807, 2.05) is 19.9 Å². The molecule has 94 valence electrons. The fraction of sp³-hybridized carbons (Fsp3) is 0.571. The van der Waals surface area contributed by atoms with Crippen molar-refractivity contribution in [2.24, 2.45) is 11.8 Å². The first-order valence-corrected chi connectivity index (χ1v) is 6.21. The molecule has 0 aliphatic heterocycles. The highest BCUT2D eigenvalue weighted by molar-refractivity contribution is 5.30. The van der Waals surface area contributed by atoms with E-state index in [-0.39, 0.29) is 11.9 Å². The Balaban J connectivity index is 1.97. The third-order valence-electron chi connectivity index (χ3n) is 3.39. The van der Waals surface area contributed by atoms with Crippen molar-refractivity contribution in [2.45, 2.75) is 32.8 Å². The Hall–Kier alpha value is -1.09. The van der Waals surface area contributed by atoms with E-state index in [1.54, 1.807) is 12.1 Å². The van der Waals surface area contributed by atoms with Crippen LogP contribution in [-0.4, -0.2) is 17.8 Å². The first-order chi connectivity index (χ1) is 8.11. The fourth-order valence-corrected chi connectivity index (χ4v) is 2.34. The normalized spacial score (nSPS) is 24.5. The van der Waals surface area contributed by atoms with Crippen molar-refractivity contribution in [3.05, 3.63) is 29.6 Å². The van der Waals surface area contributed by atoms with Crippen LogP contribution < -0.4 is 4.74 Å². The second kappa shape index (κ2) is 5.05. The molecule has 0 saturated heterocycles. The number of aliphatic hydroxyl groups excluding tert-OH is 1. The molecule has 3 unspecified atom stereocenters. The summed E-state index contributed by atoms with van der Waals surface area (Å²) in [5.41, 5.74) is 0.985. The molecule has 1 aliphatic rings. The molecule has 0 amide bonds. The summed E-state index contributed by atoms with van der Waals surface area (Å²) in [4.78, 5) is 0. The average molecular weight is 238 g/mol. The minimum absolute atomic E-state index is 0.243. The van der Waals surface area contributed by atoms with E-state index in [0.29, 0.717) is 24.2 Å². The van der Waals surface area contributed by atoms with E-state index in [4.69, 9.17) is 4.74 Å². The Morgan fingerprint density at radius 3 is 2.82 bits per heavy atom. The highest BCUT2D eigenvalue weighted by Crippen LogP contribution is 2.43. The van der Waals surface area contributed by atoms with Gasteiger partial charge in [0.1, 0.15) is 0 Å². The standard InChI is InChI=1S/C14H19FO2/c1-3-17-14-5-4-10(7-13(14)15)6-11-8-12(11)9(2)16/h4-5,7,9,11-12,16H,3,6,8H2,1-2H3. The van der Waals surface area contributed by atoms with Crippen molar-refractivity contribution in [3.63, 3.8) is 0 Å². The van der Waals surface area contributed by atoms with Crippen molar-refractivity contribution in [3.8, 4) is 5.75 Å². The van der Waals surface area contributed by atoms with Crippen LogP contribution in [-0.2, 0) is 6.42 Å². The van der Waals surface area contributed by atoms with Crippen LogP contribution in [0.1, 0.15) is 25.8 Å². The highest BCUT2D eigenvalue weighted by Gasteiger charge is 2.40. The van der Waals surface area contributed by atoms with Gasteiger partial charge in [0.25, 0.3) is 0 Å². The lowest BCUT2D eigenvalue weighted by molar-refractivity contribution is 0.164. The van der Waals surface area contributed by atoms with Gasteiger partial charge in [-0.15, -0.1) is 0 Å². The van der Waals surface area contributed by atoms with Gasteiger partial charge in [0, 0.05) is 0 Å². The summed E-state index contributed by atoms with van der Waals surface area (Å²) in [5.74, 6) is 0.926. The van der Waals surface area contributed by atoms with Crippen LogP contribution in [0.3, 0.4) is 0 Å². The number of hydrogen-bond acceptors (Lipinski definition) is 2. The Bertz CT molecular complexity index is 390. The van der Waals surface area contributed by atoms with Gasteiger partial charge in [-0.2, -0.15) is 0 Å². The summed E-state index contributed by atoms with van der Waals surface area (Å²) in [6.45, 7) is 4.14. The topological polar surface area (TPSA) is 29.5 Å². The van der Waals surface area contributed by atoms with Crippen LogP contribution in [0.5, 0.6) is 5.75 Å². The molecule has 0 heterocycles. The van der Waals surface area contributed by atoms with Gasteiger partial charge < -0.3 is 9.84 Å². The monoisotopic (exact) mass is 238 g/mol. The molecule has 3 heteroatoms. The molecule has 17 heavy (non-hydrogen) atoms. The number of benzene rings is 1. The molecule has 1 fully saturated rings. The molecule has 0 bridgehead atoms. The van der Waals surface area contributed by atoms with Gasteiger partial charge in [0.05, 0.1) is 12.7 Å². The lowest BCUT2D eigenvalue weighted by Gasteiger charge is -2.07. The molecule has 0 spiro atoms. The second-order valence-electron chi connectivity index (χ2n) is 4.80. The minimum Gasteiger partial charge on any atom is -0.491 e. The number of aliphatic hydroxyl groups is 1. The maximum Gasteiger partial charge on any atom is 0.165 e. The van der Waals surface area contributed by atoms with Gasteiger partial charge in [0.15, 0.2) is 11.6 Å². The minimum atomic E-state index is -0.293. The van der Waals surface area contributed by atoms with Gasteiger partial charge >= 0.3 is 0 Å². The molecular weight excluding hydrogens is 219 g/mol. The smallest absolute Gasteiger partial charge is 0.165 e. The summed E-state index contributed by atoms with van der Waals surface area (Å²) in [6, 6.07) is 5.14. The summed E-state index contributed by atoms with van der Waals surface area (Å²) >= 11 is 0. The lowest BCUT2D eigenvalue weighted by atomic mass is 10.1. The molecule has 0 radical (unpaired) electrons. The summed E-state index contributed by atoms with van der Waals surface area (Å²) in [5, 5.41) is 9.42. The lowest BCUT2D eigenvalue weighted by Crippen LogP contribution is -2.05. The van der Waals surface area contributed by atoms with Gasteiger partial charge in [0.2, 0.25) is 0 Å². The largest absolute Gasteiger partial charge is 0.491 e. The van der Waals surface area contributed by atoms with Crippen molar-refractivity contribution < 1.29 is 14.2 Å². The molecule has 3 atom stereocenters. The van der Waals surface area contributed by atoms with Crippen LogP contribution in [0, 0.1) is 17.7 Å². The Morgan fingerprint density at radius 1 is 1.53 bits per heavy atom. The molecule has 1 aliphatic carbocycles. The van der Waals surface area contributed by atoms with Gasteiger partial charge in [-0.05, 0) is 56.2 Å². The third kappa shape index (κ3) is 2.97. The Morgan fingerprint density at radius 2 is 2.29 bits per heavy atom. The van der Waals surface area contributed by atoms with E-state index in [1.165, 1.54) is 0 Å². The zero-order valence-corrected chi connectivity index (χ0v) is 10.3. The van der Waals surface area contributed by atoms with Crippen LogP contribution in [0.25, 0.3) is 0 Å². The third-order valence-corrected chi connectivity index (χ3v) is 3.39. The number of hydrogen-bond donors (Lipinski definition) is 1. The van der Waals surface area contributed by atoms with E-state index in [0.717, 1.165) is 18.4 Å². The highest BCUT2D eigenvalue weighted by atomic mass is 19.1.